The van der Waals surface area contributed by atoms with Gasteiger partial charge < -0.3 is 11.1 Å². The van der Waals surface area contributed by atoms with Crippen LogP contribution in [0.3, 0.4) is 0 Å². The smallest absolute Gasteiger partial charge is 0.335 e. The second-order valence-corrected chi connectivity index (χ2v) is 6.19. The van der Waals surface area contributed by atoms with Crippen LogP contribution in [0.2, 0.25) is 0 Å². The molecule has 24 heavy (non-hydrogen) atoms. The zero-order valence-corrected chi connectivity index (χ0v) is 13.9. The number of hydrogen-bond acceptors (Lipinski definition) is 3. The number of rotatable bonds is 4. The number of carbonyl (C=O) groups excluding carboxylic acids is 1. The van der Waals surface area contributed by atoms with Gasteiger partial charge in [-0.15, -0.1) is 0 Å². The molecular weight excluding hydrogens is 300 g/mol. The lowest BCUT2D eigenvalue weighted by Gasteiger charge is -2.28. The molecule has 0 saturated heterocycles. The zero-order chi connectivity index (χ0) is 17.1. The SMILES string of the molecule is CC(C)N[C@H]1C(c2ccccc2)=NN(C(N)=O)[C@@H]1c1ccccc1. The number of carbonyl (C=O) groups is 1. The standard InChI is InChI=1S/C19H22N4O/c1-13(2)21-17-16(14-9-5-3-6-10-14)22-23(19(20)24)18(17)15-11-7-4-8-12-15/h3-13,17-18,21H,1-2H3,(H2,20,24)/t17-,18+/m0/s1. The molecule has 1 heterocycles. The van der Waals surface area contributed by atoms with Gasteiger partial charge in [-0.2, -0.15) is 5.10 Å². The molecular formula is C19H22N4O. The lowest BCUT2D eigenvalue weighted by molar-refractivity contribution is 0.188. The molecule has 0 bridgehead atoms. The molecule has 0 unspecified atom stereocenters. The van der Waals surface area contributed by atoms with Crippen LogP contribution in [0.5, 0.6) is 0 Å². The number of nitrogens with two attached hydrogens (primary N) is 1. The van der Waals surface area contributed by atoms with Crippen molar-refractivity contribution >= 4 is 11.7 Å². The molecule has 2 aromatic carbocycles. The highest BCUT2D eigenvalue weighted by Crippen LogP contribution is 2.33. The number of nitrogens with zero attached hydrogens (tertiary/aromatic N) is 2. The molecule has 1 aliphatic heterocycles. The molecule has 5 nitrogen and oxygen atoms in total. The summed E-state index contributed by atoms with van der Waals surface area (Å²) in [6, 6.07) is 19.1. The minimum atomic E-state index is -0.551. The molecule has 0 aliphatic carbocycles. The van der Waals surface area contributed by atoms with Crippen LogP contribution in [0, 0.1) is 0 Å². The summed E-state index contributed by atoms with van der Waals surface area (Å²) in [6.07, 6.45) is 0. The highest BCUT2D eigenvalue weighted by atomic mass is 16.2. The second-order valence-electron chi connectivity index (χ2n) is 6.19. The second kappa shape index (κ2) is 6.84. The van der Waals surface area contributed by atoms with Gasteiger partial charge in [0.05, 0.1) is 11.8 Å². The van der Waals surface area contributed by atoms with Crippen molar-refractivity contribution in [1.82, 2.24) is 10.3 Å². The van der Waals surface area contributed by atoms with E-state index in [9.17, 15) is 4.79 Å². The lowest BCUT2D eigenvalue weighted by Crippen LogP contribution is -2.46. The van der Waals surface area contributed by atoms with E-state index in [2.05, 4.69) is 24.3 Å². The molecule has 2 amide bonds. The van der Waals surface area contributed by atoms with Gasteiger partial charge in [-0.1, -0.05) is 74.5 Å². The van der Waals surface area contributed by atoms with Gasteiger partial charge in [-0.3, -0.25) is 0 Å². The first kappa shape index (κ1) is 16.2. The van der Waals surface area contributed by atoms with Crippen LogP contribution < -0.4 is 11.1 Å². The summed E-state index contributed by atoms with van der Waals surface area (Å²) in [5.74, 6) is 0. The molecule has 0 saturated carbocycles. The first-order valence-electron chi connectivity index (χ1n) is 8.11. The first-order valence-corrected chi connectivity index (χ1v) is 8.11. The summed E-state index contributed by atoms with van der Waals surface area (Å²) < 4.78 is 0. The van der Waals surface area contributed by atoms with Crippen LogP contribution in [0.1, 0.15) is 31.0 Å². The van der Waals surface area contributed by atoms with E-state index < -0.39 is 6.03 Å². The Hall–Kier alpha value is -2.66. The summed E-state index contributed by atoms with van der Waals surface area (Å²) in [6.45, 7) is 4.16. The molecule has 3 N–H and O–H groups in total. The van der Waals surface area contributed by atoms with E-state index in [-0.39, 0.29) is 18.1 Å². The van der Waals surface area contributed by atoms with Gasteiger partial charge in [0.1, 0.15) is 6.04 Å². The van der Waals surface area contributed by atoms with Crippen molar-refractivity contribution in [1.29, 1.82) is 0 Å². The number of amides is 2. The fraction of sp³-hybridized carbons (Fsp3) is 0.263. The van der Waals surface area contributed by atoms with E-state index in [1.165, 1.54) is 5.01 Å². The number of urea groups is 1. The summed E-state index contributed by atoms with van der Waals surface area (Å²) in [4.78, 5) is 12.0. The third kappa shape index (κ3) is 3.16. The fourth-order valence-corrected chi connectivity index (χ4v) is 3.08. The Morgan fingerprint density at radius 3 is 2.21 bits per heavy atom. The number of primary amides is 1. The van der Waals surface area contributed by atoms with E-state index in [0.29, 0.717) is 0 Å². The molecule has 0 radical (unpaired) electrons. The number of hydrogen-bond donors (Lipinski definition) is 2. The van der Waals surface area contributed by atoms with Gasteiger partial charge in [-0.25, -0.2) is 9.80 Å². The number of hydrazone groups is 1. The molecule has 1 aliphatic rings. The van der Waals surface area contributed by atoms with Crippen molar-refractivity contribution in [3.63, 3.8) is 0 Å². The Morgan fingerprint density at radius 2 is 1.67 bits per heavy atom. The molecule has 3 rings (SSSR count). The van der Waals surface area contributed by atoms with Crippen molar-refractivity contribution in [2.24, 2.45) is 10.8 Å². The Kier molecular flexibility index (Phi) is 4.62. The van der Waals surface area contributed by atoms with Crippen LogP contribution >= 0.6 is 0 Å². The van der Waals surface area contributed by atoms with E-state index in [1.807, 2.05) is 60.7 Å². The van der Waals surface area contributed by atoms with Gasteiger partial charge in [-0.05, 0) is 11.1 Å². The monoisotopic (exact) mass is 322 g/mol. The van der Waals surface area contributed by atoms with Crippen molar-refractivity contribution in [2.75, 3.05) is 0 Å². The Labute approximate surface area is 142 Å². The number of benzene rings is 2. The average molecular weight is 322 g/mol. The van der Waals surface area contributed by atoms with Crippen molar-refractivity contribution in [3.05, 3.63) is 71.8 Å². The maximum Gasteiger partial charge on any atom is 0.335 e. The van der Waals surface area contributed by atoms with E-state index in [1.54, 1.807) is 0 Å². The first-order chi connectivity index (χ1) is 11.6. The van der Waals surface area contributed by atoms with Gasteiger partial charge in [0.2, 0.25) is 0 Å². The topological polar surface area (TPSA) is 70.7 Å². The summed E-state index contributed by atoms with van der Waals surface area (Å²) in [5.41, 5.74) is 8.43. The van der Waals surface area contributed by atoms with Crippen LogP contribution in [-0.4, -0.2) is 28.8 Å². The maximum atomic E-state index is 12.0. The summed E-state index contributed by atoms with van der Waals surface area (Å²) in [5, 5.41) is 9.49. The van der Waals surface area contributed by atoms with E-state index in [4.69, 9.17) is 5.73 Å². The largest absolute Gasteiger partial charge is 0.350 e. The zero-order valence-electron chi connectivity index (χ0n) is 13.9. The normalized spacial score (nSPS) is 20.3. The molecule has 124 valence electrons. The van der Waals surface area contributed by atoms with Gasteiger partial charge in [0.25, 0.3) is 0 Å². The Balaban J connectivity index is 2.08. The van der Waals surface area contributed by atoms with Gasteiger partial charge in [0, 0.05) is 6.04 Å². The summed E-state index contributed by atoms with van der Waals surface area (Å²) >= 11 is 0. The third-order valence-corrected chi connectivity index (χ3v) is 4.04. The van der Waals surface area contributed by atoms with E-state index >= 15 is 0 Å². The third-order valence-electron chi connectivity index (χ3n) is 4.04. The molecule has 0 fully saturated rings. The van der Waals surface area contributed by atoms with Gasteiger partial charge in [0.15, 0.2) is 0 Å². The van der Waals surface area contributed by atoms with Crippen molar-refractivity contribution < 1.29 is 4.79 Å². The predicted molar refractivity (Wildman–Crippen MR) is 95.6 cm³/mol. The quantitative estimate of drug-likeness (QED) is 0.908. The maximum absolute atomic E-state index is 12.0. The van der Waals surface area contributed by atoms with Gasteiger partial charge >= 0.3 is 6.03 Å². The predicted octanol–water partition coefficient (Wildman–Crippen LogP) is 2.89. The lowest BCUT2D eigenvalue weighted by atomic mass is 9.92. The molecule has 2 aromatic rings. The van der Waals surface area contributed by atoms with Crippen molar-refractivity contribution in [3.8, 4) is 0 Å². The summed E-state index contributed by atoms with van der Waals surface area (Å²) in [7, 11) is 0. The van der Waals surface area contributed by atoms with Crippen LogP contribution in [0.25, 0.3) is 0 Å². The van der Waals surface area contributed by atoms with E-state index in [0.717, 1.165) is 16.8 Å². The minimum Gasteiger partial charge on any atom is -0.350 e. The average Bonchev–Trinajstić information content (AvgIpc) is 2.95. The highest BCUT2D eigenvalue weighted by molar-refractivity contribution is 6.07. The van der Waals surface area contributed by atoms with Crippen LogP contribution in [0.4, 0.5) is 4.79 Å². The Morgan fingerprint density at radius 1 is 1.08 bits per heavy atom. The molecule has 0 aromatic heterocycles. The van der Waals surface area contributed by atoms with Crippen molar-refractivity contribution in [2.45, 2.75) is 32.0 Å². The molecule has 2 atom stereocenters. The van der Waals surface area contributed by atoms with Crippen LogP contribution in [0.15, 0.2) is 65.8 Å². The molecule has 0 spiro atoms. The van der Waals surface area contributed by atoms with Crippen LogP contribution in [-0.2, 0) is 0 Å². The molecule has 5 heteroatoms. The fourth-order valence-electron chi connectivity index (χ4n) is 3.08. The Bertz CT molecular complexity index is 728. The minimum absolute atomic E-state index is 0.123. The number of nitrogens with one attached hydrogen (secondary N) is 1. The highest BCUT2D eigenvalue weighted by Gasteiger charge is 2.41.